The normalized spacial score (nSPS) is 11.2. The van der Waals surface area contributed by atoms with E-state index in [0.717, 1.165) is 18.2 Å². The molecule has 2 aromatic rings. The summed E-state index contributed by atoms with van der Waals surface area (Å²) in [4.78, 5) is 10.6. The van der Waals surface area contributed by atoms with Crippen molar-refractivity contribution in [3.8, 4) is 5.75 Å². The van der Waals surface area contributed by atoms with Crippen molar-refractivity contribution in [2.75, 3.05) is 4.72 Å². The molecule has 9 heteroatoms. The van der Waals surface area contributed by atoms with Crippen LogP contribution in [0.25, 0.3) is 0 Å². The van der Waals surface area contributed by atoms with Gasteiger partial charge in [0, 0.05) is 6.20 Å². The Balaban J connectivity index is 2.41. The SMILES string of the molecule is O=C(O)c1cc(S(=O)(=O)Nc2cn[nH]c2)ccc1O. The van der Waals surface area contributed by atoms with Crippen molar-refractivity contribution in [2.45, 2.75) is 4.90 Å². The zero-order valence-corrected chi connectivity index (χ0v) is 10.2. The molecular formula is C10H9N3O5S. The van der Waals surface area contributed by atoms with Gasteiger partial charge in [-0.25, -0.2) is 13.2 Å². The standard InChI is InChI=1S/C10H9N3O5S/c14-9-2-1-7(3-8(9)10(15)16)19(17,18)13-6-4-11-12-5-6/h1-5,13-14H,(H,11,12)(H,15,16). The second kappa shape index (κ2) is 4.61. The van der Waals surface area contributed by atoms with Crippen LogP contribution in [0.3, 0.4) is 0 Å². The Labute approximate surface area is 107 Å². The first-order chi connectivity index (χ1) is 8.90. The number of aromatic amines is 1. The van der Waals surface area contributed by atoms with Crippen LogP contribution >= 0.6 is 0 Å². The number of aromatic hydroxyl groups is 1. The number of carboxylic acid groups (broad SMARTS) is 1. The number of phenols is 1. The van der Waals surface area contributed by atoms with E-state index in [0.29, 0.717) is 0 Å². The third kappa shape index (κ3) is 2.65. The summed E-state index contributed by atoms with van der Waals surface area (Å²) in [5, 5.41) is 24.1. The molecule has 1 aromatic heterocycles. The van der Waals surface area contributed by atoms with Gasteiger partial charge in [0.25, 0.3) is 10.0 Å². The zero-order valence-electron chi connectivity index (χ0n) is 9.36. The average molecular weight is 283 g/mol. The molecular weight excluding hydrogens is 274 g/mol. The number of carboxylic acids is 1. The Hall–Kier alpha value is -2.55. The lowest BCUT2D eigenvalue weighted by Gasteiger charge is -2.07. The van der Waals surface area contributed by atoms with Crippen molar-refractivity contribution in [1.82, 2.24) is 10.2 Å². The van der Waals surface area contributed by atoms with Gasteiger partial charge in [-0.15, -0.1) is 0 Å². The van der Waals surface area contributed by atoms with Crippen molar-refractivity contribution >= 4 is 21.7 Å². The Kier molecular flexibility index (Phi) is 3.13. The van der Waals surface area contributed by atoms with E-state index in [-0.39, 0.29) is 10.6 Å². The van der Waals surface area contributed by atoms with Crippen LogP contribution in [0, 0.1) is 0 Å². The molecule has 0 atom stereocenters. The highest BCUT2D eigenvalue weighted by molar-refractivity contribution is 7.92. The Morgan fingerprint density at radius 3 is 2.68 bits per heavy atom. The Bertz CT molecular complexity index is 709. The van der Waals surface area contributed by atoms with Crippen molar-refractivity contribution in [3.05, 3.63) is 36.2 Å². The van der Waals surface area contributed by atoms with Gasteiger partial charge < -0.3 is 10.2 Å². The number of hydrogen-bond donors (Lipinski definition) is 4. The first-order valence-electron chi connectivity index (χ1n) is 4.98. The molecule has 0 bridgehead atoms. The maximum Gasteiger partial charge on any atom is 0.339 e. The molecule has 0 amide bonds. The molecule has 0 radical (unpaired) electrons. The van der Waals surface area contributed by atoms with E-state index < -0.39 is 27.3 Å². The summed E-state index contributed by atoms with van der Waals surface area (Å²) >= 11 is 0. The molecule has 0 spiro atoms. The maximum atomic E-state index is 12.0. The molecule has 0 unspecified atom stereocenters. The van der Waals surface area contributed by atoms with Crippen molar-refractivity contribution in [1.29, 1.82) is 0 Å². The van der Waals surface area contributed by atoms with Crippen LogP contribution in [0.4, 0.5) is 5.69 Å². The number of carbonyl (C=O) groups is 1. The molecule has 0 saturated heterocycles. The van der Waals surface area contributed by atoms with E-state index >= 15 is 0 Å². The molecule has 1 aromatic carbocycles. The minimum Gasteiger partial charge on any atom is -0.507 e. The minimum absolute atomic E-state index is 0.213. The van der Waals surface area contributed by atoms with Crippen LogP contribution in [0.5, 0.6) is 5.75 Å². The summed E-state index contributed by atoms with van der Waals surface area (Å²) in [6.07, 6.45) is 2.59. The molecule has 100 valence electrons. The summed E-state index contributed by atoms with van der Waals surface area (Å²) in [5.74, 6) is -1.92. The predicted octanol–water partition coefficient (Wildman–Crippen LogP) is 0.614. The van der Waals surface area contributed by atoms with Crippen molar-refractivity contribution in [3.63, 3.8) is 0 Å². The summed E-state index contributed by atoms with van der Waals surface area (Å²) < 4.78 is 26.1. The molecule has 2 rings (SSSR count). The molecule has 0 saturated carbocycles. The number of nitrogens with one attached hydrogen (secondary N) is 2. The second-order valence-electron chi connectivity index (χ2n) is 3.58. The second-order valence-corrected chi connectivity index (χ2v) is 5.26. The summed E-state index contributed by atoms with van der Waals surface area (Å²) in [5.41, 5.74) is -0.278. The Morgan fingerprint density at radius 2 is 2.11 bits per heavy atom. The predicted molar refractivity (Wildman–Crippen MR) is 64.5 cm³/mol. The molecule has 8 nitrogen and oxygen atoms in total. The van der Waals surface area contributed by atoms with Gasteiger partial charge in [-0.3, -0.25) is 9.82 Å². The fourth-order valence-electron chi connectivity index (χ4n) is 1.37. The smallest absolute Gasteiger partial charge is 0.339 e. The van der Waals surface area contributed by atoms with E-state index in [4.69, 9.17) is 5.11 Å². The van der Waals surface area contributed by atoms with Crippen LogP contribution in [-0.2, 0) is 10.0 Å². The number of benzene rings is 1. The number of sulfonamides is 1. The summed E-state index contributed by atoms with van der Waals surface area (Å²) in [6, 6.07) is 2.98. The van der Waals surface area contributed by atoms with Gasteiger partial charge in [-0.2, -0.15) is 5.10 Å². The topological polar surface area (TPSA) is 132 Å². The van der Waals surface area contributed by atoms with E-state index in [9.17, 15) is 18.3 Å². The number of nitrogens with zero attached hydrogens (tertiary/aromatic N) is 1. The first kappa shape index (κ1) is 12.9. The van der Waals surface area contributed by atoms with E-state index in [1.54, 1.807) is 0 Å². The summed E-state index contributed by atoms with van der Waals surface area (Å²) in [7, 11) is -3.94. The minimum atomic E-state index is -3.94. The lowest BCUT2D eigenvalue weighted by Crippen LogP contribution is -2.13. The van der Waals surface area contributed by atoms with Gasteiger partial charge in [-0.1, -0.05) is 0 Å². The maximum absolute atomic E-state index is 12.0. The van der Waals surface area contributed by atoms with Gasteiger partial charge in [0.1, 0.15) is 11.3 Å². The van der Waals surface area contributed by atoms with E-state index in [2.05, 4.69) is 14.9 Å². The fraction of sp³-hybridized carbons (Fsp3) is 0. The van der Waals surface area contributed by atoms with Gasteiger partial charge in [-0.05, 0) is 18.2 Å². The van der Waals surface area contributed by atoms with Crippen LogP contribution in [0.15, 0.2) is 35.5 Å². The number of hydrogen-bond acceptors (Lipinski definition) is 5. The van der Waals surface area contributed by atoms with Crippen molar-refractivity contribution in [2.24, 2.45) is 0 Å². The number of rotatable bonds is 4. The van der Waals surface area contributed by atoms with Gasteiger partial charge >= 0.3 is 5.97 Å². The van der Waals surface area contributed by atoms with Gasteiger partial charge in [0.15, 0.2) is 0 Å². The largest absolute Gasteiger partial charge is 0.507 e. The molecule has 0 aliphatic carbocycles. The van der Waals surface area contributed by atoms with E-state index in [1.165, 1.54) is 12.4 Å². The monoisotopic (exact) mass is 283 g/mol. The molecule has 4 N–H and O–H groups in total. The van der Waals surface area contributed by atoms with Gasteiger partial charge in [0.05, 0.1) is 16.8 Å². The van der Waals surface area contributed by atoms with E-state index in [1.807, 2.05) is 0 Å². The average Bonchev–Trinajstić information content (AvgIpc) is 2.80. The molecule has 1 heterocycles. The molecule has 19 heavy (non-hydrogen) atoms. The van der Waals surface area contributed by atoms with Crippen LogP contribution in [0.1, 0.15) is 10.4 Å². The lowest BCUT2D eigenvalue weighted by molar-refractivity contribution is 0.0693. The van der Waals surface area contributed by atoms with Crippen LogP contribution < -0.4 is 4.72 Å². The molecule has 0 fully saturated rings. The van der Waals surface area contributed by atoms with Crippen LogP contribution in [-0.4, -0.2) is 34.8 Å². The third-order valence-electron chi connectivity index (χ3n) is 2.26. The summed E-state index contributed by atoms with van der Waals surface area (Å²) in [6.45, 7) is 0. The highest BCUT2D eigenvalue weighted by atomic mass is 32.2. The number of aromatic carboxylic acids is 1. The third-order valence-corrected chi connectivity index (χ3v) is 3.64. The fourth-order valence-corrected chi connectivity index (χ4v) is 2.43. The quantitative estimate of drug-likeness (QED) is 0.650. The van der Waals surface area contributed by atoms with Gasteiger partial charge in [0.2, 0.25) is 0 Å². The molecule has 0 aliphatic heterocycles. The number of anilines is 1. The molecule has 0 aliphatic rings. The number of aromatic nitrogens is 2. The van der Waals surface area contributed by atoms with Crippen LogP contribution in [0.2, 0.25) is 0 Å². The highest BCUT2D eigenvalue weighted by Crippen LogP contribution is 2.22. The Morgan fingerprint density at radius 1 is 1.37 bits per heavy atom. The lowest BCUT2D eigenvalue weighted by atomic mass is 10.2. The highest BCUT2D eigenvalue weighted by Gasteiger charge is 2.19. The van der Waals surface area contributed by atoms with Crippen molar-refractivity contribution < 1.29 is 23.4 Å². The zero-order chi connectivity index (χ0) is 14.0. The first-order valence-corrected chi connectivity index (χ1v) is 6.46. The number of H-pyrrole nitrogens is 1.